The molecule has 0 amide bonds. The first-order valence-electron chi connectivity index (χ1n) is 11.8. The van der Waals surface area contributed by atoms with Crippen LogP contribution in [0.1, 0.15) is 25.0 Å². The molecule has 166 valence electrons. The van der Waals surface area contributed by atoms with Crippen LogP contribution in [-0.4, -0.2) is 0 Å². The Morgan fingerprint density at radius 1 is 0.441 bits per heavy atom. The van der Waals surface area contributed by atoms with Gasteiger partial charge in [-0.3, -0.25) is 0 Å². The molecule has 0 atom stereocenters. The van der Waals surface area contributed by atoms with Crippen LogP contribution in [0.3, 0.4) is 0 Å². The van der Waals surface area contributed by atoms with Gasteiger partial charge in [0.25, 0.3) is 0 Å². The molecule has 0 aliphatic heterocycles. The number of anilines is 1. The molecule has 1 aliphatic carbocycles. The van der Waals surface area contributed by atoms with E-state index in [4.69, 9.17) is 5.73 Å². The maximum absolute atomic E-state index is 6.38. The third-order valence-electron chi connectivity index (χ3n) is 6.72. The minimum absolute atomic E-state index is 0.00919. The van der Waals surface area contributed by atoms with Crippen LogP contribution < -0.4 is 5.73 Å². The third-order valence-corrected chi connectivity index (χ3v) is 6.72. The summed E-state index contributed by atoms with van der Waals surface area (Å²) in [7, 11) is 0. The van der Waals surface area contributed by atoms with Crippen LogP contribution in [-0.2, 0) is 5.41 Å². The average molecular weight is 440 g/mol. The van der Waals surface area contributed by atoms with Gasteiger partial charge in [0.05, 0.1) is 0 Å². The van der Waals surface area contributed by atoms with E-state index in [1.807, 2.05) is 18.2 Å². The molecule has 0 radical (unpaired) electrons. The Balaban J connectivity index is 0.000000169. The fourth-order valence-corrected chi connectivity index (χ4v) is 4.89. The third kappa shape index (κ3) is 4.02. The average Bonchev–Trinajstić information content (AvgIpc) is 3.12. The van der Waals surface area contributed by atoms with Gasteiger partial charge in [-0.1, -0.05) is 129 Å². The number of benzene rings is 5. The molecule has 5 aromatic carbocycles. The number of hydrogen-bond donors (Lipinski definition) is 1. The predicted molar refractivity (Wildman–Crippen MR) is 146 cm³/mol. The SMILES string of the molecule is CC1(C)c2ccccc2-c2cc(-c3ccccc3)c(N)cc21.c1ccc(-c2ccccc2)cc1. The lowest BCUT2D eigenvalue weighted by molar-refractivity contribution is 0.661. The van der Waals surface area contributed by atoms with Gasteiger partial charge in [-0.2, -0.15) is 0 Å². The smallest absolute Gasteiger partial charge is 0.0397 e. The molecule has 0 bridgehead atoms. The fourth-order valence-electron chi connectivity index (χ4n) is 4.89. The molecule has 1 heteroatoms. The minimum Gasteiger partial charge on any atom is -0.398 e. The highest BCUT2D eigenvalue weighted by atomic mass is 14.6. The van der Waals surface area contributed by atoms with E-state index in [0.29, 0.717) is 0 Å². The second-order valence-corrected chi connectivity index (χ2v) is 9.25. The molecule has 0 unspecified atom stereocenters. The van der Waals surface area contributed by atoms with Crippen molar-refractivity contribution in [2.75, 3.05) is 5.73 Å². The van der Waals surface area contributed by atoms with Crippen molar-refractivity contribution in [1.82, 2.24) is 0 Å². The van der Waals surface area contributed by atoms with E-state index in [0.717, 1.165) is 11.3 Å². The topological polar surface area (TPSA) is 26.0 Å². The van der Waals surface area contributed by atoms with Crippen LogP contribution in [0.5, 0.6) is 0 Å². The van der Waals surface area contributed by atoms with Crippen molar-refractivity contribution in [3.05, 3.63) is 139 Å². The molecule has 0 fully saturated rings. The molecule has 1 aliphatic rings. The first-order chi connectivity index (χ1) is 16.6. The summed E-state index contributed by atoms with van der Waals surface area (Å²) in [6.45, 7) is 4.55. The van der Waals surface area contributed by atoms with Crippen LogP contribution in [0.4, 0.5) is 5.69 Å². The van der Waals surface area contributed by atoms with E-state index >= 15 is 0 Å². The Kier molecular flexibility index (Phi) is 5.77. The van der Waals surface area contributed by atoms with Crippen molar-refractivity contribution in [2.45, 2.75) is 19.3 Å². The summed E-state index contributed by atoms with van der Waals surface area (Å²) in [5.41, 5.74) is 17.4. The highest BCUT2D eigenvalue weighted by molar-refractivity contribution is 5.89. The number of nitrogens with two attached hydrogens (primary N) is 1. The van der Waals surface area contributed by atoms with E-state index in [1.54, 1.807) is 0 Å². The van der Waals surface area contributed by atoms with Gasteiger partial charge in [0.1, 0.15) is 0 Å². The Hall–Kier alpha value is -4.10. The number of fused-ring (bicyclic) bond motifs is 3. The van der Waals surface area contributed by atoms with E-state index in [2.05, 4.69) is 123 Å². The van der Waals surface area contributed by atoms with Crippen molar-refractivity contribution < 1.29 is 0 Å². The molecule has 34 heavy (non-hydrogen) atoms. The summed E-state index contributed by atoms with van der Waals surface area (Å²) >= 11 is 0. The quantitative estimate of drug-likeness (QED) is 0.274. The van der Waals surface area contributed by atoms with Crippen molar-refractivity contribution in [2.24, 2.45) is 0 Å². The zero-order valence-corrected chi connectivity index (χ0v) is 19.7. The molecule has 1 nitrogen and oxygen atoms in total. The monoisotopic (exact) mass is 439 g/mol. The van der Waals surface area contributed by atoms with Crippen molar-refractivity contribution in [3.63, 3.8) is 0 Å². The van der Waals surface area contributed by atoms with E-state index in [-0.39, 0.29) is 5.41 Å². The summed E-state index contributed by atoms with van der Waals surface area (Å²) in [4.78, 5) is 0. The first-order valence-corrected chi connectivity index (χ1v) is 11.8. The normalized spacial score (nSPS) is 12.8. The lowest BCUT2D eigenvalue weighted by Gasteiger charge is -2.22. The highest BCUT2D eigenvalue weighted by Crippen LogP contribution is 2.50. The van der Waals surface area contributed by atoms with Crippen molar-refractivity contribution >= 4 is 5.69 Å². The molecule has 0 saturated carbocycles. The van der Waals surface area contributed by atoms with Gasteiger partial charge in [0, 0.05) is 16.7 Å². The van der Waals surface area contributed by atoms with Crippen LogP contribution >= 0.6 is 0 Å². The van der Waals surface area contributed by atoms with E-state index in [9.17, 15) is 0 Å². The van der Waals surface area contributed by atoms with Gasteiger partial charge in [-0.25, -0.2) is 0 Å². The predicted octanol–water partition coefficient (Wildman–Crippen LogP) is 8.60. The summed E-state index contributed by atoms with van der Waals surface area (Å²) in [6.07, 6.45) is 0. The van der Waals surface area contributed by atoms with Crippen LogP contribution in [0.2, 0.25) is 0 Å². The molecule has 6 rings (SSSR count). The second-order valence-electron chi connectivity index (χ2n) is 9.25. The zero-order chi connectivity index (χ0) is 23.5. The molecular weight excluding hydrogens is 410 g/mol. The Morgan fingerprint density at radius 3 is 1.47 bits per heavy atom. The lowest BCUT2D eigenvalue weighted by Crippen LogP contribution is -2.15. The Bertz CT molecular complexity index is 1360. The summed E-state index contributed by atoms with van der Waals surface area (Å²) < 4.78 is 0. The van der Waals surface area contributed by atoms with Gasteiger partial charge in [-0.05, 0) is 51.1 Å². The van der Waals surface area contributed by atoms with Gasteiger partial charge >= 0.3 is 0 Å². The van der Waals surface area contributed by atoms with Crippen LogP contribution in [0, 0.1) is 0 Å². The molecule has 5 aromatic rings. The minimum atomic E-state index is 0.00919. The Labute approximate surface area is 202 Å². The number of rotatable bonds is 2. The lowest BCUT2D eigenvalue weighted by atomic mass is 9.82. The molecule has 0 aromatic heterocycles. The largest absolute Gasteiger partial charge is 0.398 e. The maximum atomic E-state index is 6.38. The van der Waals surface area contributed by atoms with E-state index < -0.39 is 0 Å². The summed E-state index contributed by atoms with van der Waals surface area (Å²) in [5.74, 6) is 0. The van der Waals surface area contributed by atoms with Gasteiger partial charge in [0.15, 0.2) is 0 Å². The van der Waals surface area contributed by atoms with Crippen molar-refractivity contribution in [1.29, 1.82) is 0 Å². The van der Waals surface area contributed by atoms with Gasteiger partial charge in [-0.15, -0.1) is 0 Å². The second kappa shape index (κ2) is 9.03. The van der Waals surface area contributed by atoms with Crippen LogP contribution in [0.15, 0.2) is 127 Å². The highest BCUT2D eigenvalue weighted by Gasteiger charge is 2.35. The number of hydrogen-bond acceptors (Lipinski definition) is 1. The molecule has 0 saturated heterocycles. The van der Waals surface area contributed by atoms with Crippen molar-refractivity contribution in [3.8, 4) is 33.4 Å². The zero-order valence-electron chi connectivity index (χ0n) is 19.7. The molecule has 0 heterocycles. The van der Waals surface area contributed by atoms with E-state index in [1.165, 1.54) is 38.9 Å². The van der Waals surface area contributed by atoms with Crippen LogP contribution in [0.25, 0.3) is 33.4 Å². The standard InChI is InChI=1S/C21H19N.C12H10/c1-21(2)18-11-7-6-10-15(18)17-12-16(20(22)13-19(17)21)14-8-4-3-5-9-14;1-3-7-11(8-4-1)12-9-5-2-6-10-12/h3-13H,22H2,1-2H3;1-10H. The fraction of sp³-hybridized carbons (Fsp3) is 0.0909. The summed E-state index contributed by atoms with van der Waals surface area (Å²) in [5, 5.41) is 0. The number of nitrogen functional groups attached to an aromatic ring is 1. The Morgan fingerprint density at radius 2 is 0.912 bits per heavy atom. The maximum Gasteiger partial charge on any atom is 0.0397 e. The molecular formula is C33H29N. The molecule has 2 N–H and O–H groups in total. The molecule has 0 spiro atoms. The summed E-state index contributed by atoms with van der Waals surface area (Å²) in [6, 6.07) is 44.3. The van der Waals surface area contributed by atoms with Gasteiger partial charge < -0.3 is 5.73 Å². The first kappa shape index (κ1) is 21.7. The van der Waals surface area contributed by atoms with Gasteiger partial charge in [0.2, 0.25) is 0 Å².